The zero-order valence-electron chi connectivity index (χ0n) is 13.4. The van der Waals surface area contributed by atoms with Crippen LogP contribution in [0.2, 0.25) is 0 Å². The Morgan fingerprint density at radius 2 is 2.04 bits per heavy atom. The van der Waals surface area contributed by atoms with Crippen molar-refractivity contribution in [3.8, 4) is 12.3 Å². The molecule has 23 heavy (non-hydrogen) atoms. The fourth-order valence-electron chi connectivity index (χ4n) is 3.13. The van der Waals surface area contributed by atoms with Crippen LogP contribution in [0.4, 0.5) is 0 Å². The highest BCUT2D eigenvalue weighted by Crippen LogP contribution is 2.39. The number of carbonyl (C=O) groups excluding carboxylic acids is 1. The van der Waals surface area contributed by atoms with E-state index in [1.807, 2.05) is 18.2 Å². The van der Waals surface area contributed by atoms with Gasteiger partial charge in [0.05, 0.1) is 6.04 Å². The zero-order valence-corrected chi connectivity index (χ0v) is 13.4. The Morgan fingerprint density at radius 3 is 2.61 bits per heavy atom. The SMILES string of the molecule is C#CCCC1(CCC(=O)NC(c2ccccc2)C2CCC2)N=N1. The first kappa shape index (κ1) is 15.7. The van der Waals surface area contributed by atoms with Crippen molar-refractivity contribution >= 4 is 5.91 Å². The average Bonchev–Trinajstić information content (AvgIpc) is 3.30. The molecule has 1 aromatic rings. The van der Waals surface area contributed by atoms with E-state index in [1.165, 1.54) is 24.8 Å². The molecule has 1 N–H and O–H groups in total. The van der Waals surface area contributed by atoms with Crippen LogP contribution >= 0.6 is 0 Å². The summed E-state index contributed by atoms with van der Waals surface area (Å²) in [4.78, 5) is 12.4. The topological polar surface area (TPSA) is 53.8 Å². The van der Waals surface area contributed by atoms with Crippen LogP contribution in [0.5, 0.6) is 0 Å². The number of hydrogen-bond acceptors (Lipinski definition) is 3. The van der Waals surface area contributed by atoms with Gasteiger partial charge in [0.1, 0.15) is 0 Å². The molecule has 0 saturated heterocycles. The number of hydrogen-bond donors (Lipinski definition) is 1. The van der Waals surface area contributed by atoms with Crippen LogP contribution in [0.1, 0.15) is 56.6 Å². The van der Waals surface area contributed by atoms with E-state index in [0.717, 1.165) is 6.42 Å². The molecule has 1 amide bonds. The first-order valence-corrected chi connectivity index (χ1v) is 8.44. The van der Waals surface area contributed by atoms with Gasteiger partial charge in [0.25, 0.3) is 0 Å². The first-order chi connectivity index (χ1) is 11.2. The highest BCUT2D eigenvalue weighted by Gasteiger charge is 2.39. The van der Waals surface area contributed by atoms with Gasteiger partial charge in [0.15, 0.2) is 5.66 Å². The van der Waals surface area contributed by atoms with Crippen LogP contribution in [0, 0.1) is 18.3 Å². The minimum absolute atomic E-state index is 0.0862. The van der Waals surface area contributed by atoms with Gasteiger partial charge in [-0.1, -0.05) is 36.8 Å². The van der Waals surface area contributed by atoms with Crippen molar-refractivity contribution in [2.45, 2.75) is 56.7 Å². The molecule has 1 unspecified atom stereocenters. The van der Waals surface area contributed by atoms with Crippen LogP contribution in [0.3, 0.4) is 0 Å². The van der Waals surface area contributed by atoms with Crippen molar-refractivity contribution in [2.75, 3.05) is 0 Å². The van der Waals surface area contributed by atoms with Crippen molar-refractivity contribution < 1.29 is 4.79 Å². The molecule has 1 aromatic carbocycles. The minimum Gasteiger partial charge on any atom is -0.349 e. The molecule has 4 heteroatoms. The smallest absolute Gasteiger partial charge is 0.220 e. The minimum atomic E-state index is -0.373. The Labute approximate surface area is 137 Å². The van der Waals surface area contributed by atoms with Gasteiger partial charge in [-0.05, 0) is 24.3 Å². The maximum absolute atomic E-state index is 12.4. The van der Waals surface area contributed by atoms with Crippen LogP contribution in [0.25, 0.3) is 0 Å². The fourth-order valence-corrected chi connectivity index (χ4v) is 3.13. The lowest BCUT2D eigenvalue weighted by Gasteiger charge is -2.34. The first-order valence-electron chi connectivity index (χ1n) is 8.44. The standard InChI is InChI=1S/C19H23N3O/c1-2-3-13-19(21-22-19)14-12-17(23)20-18(16-10-7-11-16)15-8-5-4-6-9-15/h1,4-6,8-9,16,18H,3,7,10-14H2,(H,20,23). The van der Waals surface area contributed by atoms with Crippen molar-refractivity contribution in [3.05, 3.63) is 35.9 Å². The van der Waals surface area contributed by atoms with Crippen LogP contribution in [-0.2, 0) is 4.79 Å². The van der Waals surface area contributed by atoms with Crippen molar-refractivity contribution in [2.24, 2.45) is 16.1 Å². The molecule has 3 rings (SSSR count). The van der Waals surface area contributed by atoms with Crippen LogP contribution in [0.15, 0.2) is 40.6 Å². The molecule has 0 aromatic heterocycles. The monoisotopic (exact) mass is 309 g/mol. The van der Waals surface area contributed by atoms with Gasteiger partial charge < -0.3 is 5.32 Å². The number of benzene rings is 1. The van der Waals surface area contributed by atoms with Gasteiger partial charge >= 0.3 is 0 Å². The Bertz CT molecular complexity index is 607. The summed E-state index contributed by atoms with van der Waals surface area (Å²) < 4.78 is 0. The Morgan fingerprint density at radius 1 is 1.30 bits per heavy atom. The Balaban J connectivity index is 1.53. The quantitative estimate of drug-likeness (QED) is 0.725. The predicted molar refractivity (Wildman–Crippen MR) is 89.6 cm³/mol. The molecule has 1 atom stereocenters. The van der Waals surface area contributed by atoms with Crippen LogP contribution in [-0.4, -0.2) is 11.6 Å². The van der Waals surface area contributed by atoms with Gasteiger partial charge in [-0.3, -0.25) is 4.79 Å². The maximum Gasteiger partial charge on any atom is 0.220 e. The summed E-state index contributed by atoms with van der Waals surface area (Å²) in [6.07, 6.45) is 11.5. The molecule has 1 aliphatic heterocycles. The van der Waals surface area contributed by atoms with Gasteiger partial charge in [-0.2, -0.15) is 10.2 Å². The molecular weight excluding hydrogens is 286 g/mol. The van der Waals surface area contributed by atoms with E-state index in [-0.39, 0.29) is 17.6 Å². The number of nitrogens with zero attached hydrogens (tertiary/aromatic N) is 2. The van der Waals surface area contributed by atoms with E-state index >= 15 is 0 Å². The second-order valence-electron chi connectivity index (χ2n) is 6.53. The van der Waals surface area contributed by atoms with E-state index < -0.39 is 0 Å². The van der Waals surface area contributed by atoms with E-state index in [9.17, 15) is 4.79 Å². The fraction of sp³-hybridized carbons (Fsp3) is 0.526. The lowest BCUT2D eigenvalue weighted by Crippen LogP contribution is -2.36. The lowest BCUT2D eigenvalue weighted by atomic mass is 9.77. The number of carbonyl (C=O) groups is 1. The van der Waals surface area contributed by atoms with E-state index in [0.29, 0.717) is 25.2 Å². The highest BCUT2D eigenvalue weighted by molar-refractivity contribution is 5.76. The summed E-state index contributed by atoms with van der Waals surface area (Å²) in [5.74, 6) is 3.26. The molecule has 0 radical (unpaired) electrons. The highest BCUT2D eigenvalue weighted by atomic mass is 16.1. The number of amides is 1. The summed E-state index contributed by atoms with van der Waals surface area (Å²) in [6.45, 7) is 0. The molecular formula is C19H23N3O. The van der Waals surface area contributed by atoms with Crippen molar-refractivity contribution in [1.29, 1.82) is 0 Å². The second kappa shape index (κ2) is 6.95. The predicted octanol–water partition coefficient (Wildman–Crippen LogP) is 4.00. The number of nitrogens with one attached hydrogen (secondary N) is 1. The molecule has 1 fully saturated rings. The zero-order chi connectivity index (χ0) is 16.1. The van der Waals surface area contributed by atoms with Gasteiger partial charge in [0, 0.05) is 25.7 Å². The Kier molecular flexibility index (Phi) is 4.76. The summed E-state index contributed by atoms with van der Waals surface area (Å²) >= 11 is 0. The van der Waals surface area contributed by atoms with Crippen molar-refractivity contribution in [3.63, 3.8) is 0 Å². The molecule has 120 valence electrons. The molecule has 1 aliphatic carbocycles. The van der Waals surface area contributed by atoms with Gasteiger partial charge in [-0.15, -0.1) is 12.3 Å². The molecule has 2 aliphatic rings. The summed E-state index contributed by atoms with van der Waals surface area (Å²) in [6, 6.07) is 10.4. The Hall–Kier alpha value is -2.15. The number of rotatable bonds is 8. The maximum atomic E-state index is 12.4. The van der Waals surface area contributed by atoms with E-state index in [2.05, 4.69) is 33.6 Å². The average molecular weight is 309 g/mol. The normalized spacial score (nSPS) is 19.4. The van der Waals surface area contributed by atoms with Crippen molar-refractivity contribution in [1.82, 2.24) is 5.32 Å². The lowest BCUT2D eigenvalue weighted by molar-refractivity contribution is -0.122. The van der Waals surface area contributed by atoms with Gasteiger partial charge in [0.2, 0.25) is 5.91 Å². The third kappa shape index (κ3) is 3.98. The largest absolute Gasteiger partial charge is 0.349 e. The molecule has 1 saturated carbocycles. The third-order valence-corrected chi connectivity index (χ3v) is 4.90. The molecule has 1 heterocycles. The summed E-state index contributed by atoms with van der Waals surface area (Å²) in [7, 11) is 0. The number of terminal acetylenes is 1. The van der Waals surface area contributed by atoms with Gasteiger partial charge in [-0.25, -0.2) is 0 Å². The molecule has 0 spiro atoms. The molecule has 0 bridgehead atoms. The van der Waals surface area contributed by atoms with Crippen LogP contribution < -0.4 is 5.32 Å². The summed E-state index contributed by atoms with van der Waals surface area (Å²) in [5.41, 5.74) is 0.830. The van der Waals surface area contributed by atoms with E-state index in [1.54, 1.807) is 0 Å². The second-order valence-corrected chi connectivity index (χ2v) is 6.53. The summed E-state index contributed by atoms with van der Waals surface area (Å²) in [5, 5.41) is 11.4. The van der Waals surface area contributed by atoms with E-state index in [4.69, 9.17) is 6.42 Å². The molecule has 4 nitrogen and oxygen atoms in total. The third-order valence-electron chi connectivity index (χ3n) is 4.90.